The van der Waals surface area contributed by atoms with Crippen LogP contribution >= 0.6 is 0 Å². The van der Waals surface area contributed by atoms with Gasteiger partial charge in [0.25, 0.3) is 5.91 Å². The van der Waals surface area contributed by atoms with E-state index in [2.05, 4.69) is 11.2 Å². The van der Waals surface area contributed by atoms with E-state index in [0.29, 0.717) is 41.7 Å². The molecule has 0 saturated heterocycles. The Bertz CT molecular complexity index is 967. The summed E-state index contributed by atoms with van der Waals surface area (Å²) in [6, 6.07) is 14.0. The van der Waals surface area contributed by atoms with Gasteiger partial charge in [-0.3, -0.25) is 4.79 Å². The Morgan fingerprint density at radius 3 is 2.78 bits per heavy atom. The number of hydrogen-bond acceptors (Lipinski definition) is 5. The van der Waals surface area contributed by atoms with Crippen LogP contribution in [0.2, 0.25) is 0 Å². The molecule has 1 N–H and O–H groups in total. The first-order valence-electron chi connectivity index (χ1n) is 8.19. The van der Waals surface area contributed by atoms with Gasteiger partial charge in [-0.1, -0.05) is 24.1 Å². The van der Waals surface area contributed by atoms with Crippen molar-refractivity contribution in [3.63, 3.8) is 0 Å². The van der Waals surface area contributed by atoms with Crippen molar-refractivity contribution < 1.29 is 19.0 Å². The summed E-state index contributed by atoms with van der Waals surface area (Å²) < 4.78 is 16.4. The van der Waals surface area contributed by atoms with Gasteiger partial charge in [0.15, 0.2) is 11.5 Å². The molecule has 0 radical (unpaired) electrons. The number of amides is 1. The third-order valence-corrected chi connectivity index (χ3v) is 3.69. The molecular weight excluding hydrogens is 344 g/mol. The van der Waals surface area contributed by atoms with Crippen molar-refractivity contribution in [2.24, 2.45) is 0 Å². The predicted molar refractivity (Wildman–Crippen MR) is 100 cm³/mol. The quantitative estimate of drug-likeness (QED) is 0.504. The van der Waals surface area contributed by atoms with Gasteiger partial charge in [-0.05, 0) is 24.3 Å². The van der Waals surface area contributed by atoms with E-state index in [4.69, 9.17) is 20.6 Å². The number of ether oxygens (including phenoxy) is 3. The third kappa shape index (κ3) is 4.39. The lowest BCUT2D eigenvalue weighted by molar-refractivity contribution is -0.112. The lowest BCUT2D eigenvalue weighted by Crippen LogP contribution is -2.17. The van der Waals surface area contributed by atoms with Crippen LogP contribution in [0.3, 0.4) is 0 Å². The molecule has 0 saturated carbocycles. The lowest BCUT2D eigenvalue weighted by Gasteiger charge is -2.18. The van der Waals surface area contributed by atoms with E-state index in [1.165, 1.54) is 6.08 Å². The largest absolute Gasteiger partial charge is 0.486 e. The maximum absolute atomic E-state index is 12.5. The number of benzene rings is 2. The molecule has 6 nitrogen and oxygen atoms in total. The number of carbonyl (C=O) groups excluding carboxylic acids is 1. The van der Waals surface area contributed by atoms with Gasteiger partial charge in [0, 0.05) is 17.3 Å². The Morgan fingerprint density at radius 2 is 2.00 bits per heavy atom. The normalized spacial score (nSPS) is 12.4. The number of para-hydroxylation sites is 1. The van der Waals surface area contributed by atoms with Gasteiger partial charge in [0.2, 0.25) is 0 Å². The summed E-state index contributed by atoms with van der Waals surface area (Å²) in [4.78, 5) is 12.5. The van der Waals surface area contributed by atoms with Crippen molar-refractivity contribution in [1.29, 1.82) is 5.26 Å². The van der Waals surface area contributed by atoms with Crippen LogP contribution in [0, 0.1) is 23.7 Å². The van der Waals surface area contributed by atoms with E-state index >= 15 is 0 Å². The van der Waals surface area contributed by atoms with Gasteiger partial charge in [0.05, 0.1) is 0 Å². The fourth-order valence-corrected chi connectivity index (χ4v) is 2.47. The number of nitrogens with zero attached hydrogens (tertiary/aromatic N) is 1. The molecule has 0 fully saturated rings. The Morgan fingerprint density at radius 1 is 1.22 bits per heavy atom. The zero-order valence-electron chi connectivity index (χ0n) is 14.4. The molecule has 0 unspecified atom stereocenters. The number of hydrogen-bond donors (Lipinski definition) is 1. The molecule has 0 atom stereocenters. The molecule has 6 heteroatoms. The van der Waals surface area contributed by atoms with E-state index in [1.54, 1.807) is 42.5 Å². The van der Waals surface area contributed by atoms with Crippen molar-refractivity contribution in [2.75, 3.05) is 25.1 Å². The first-order valence-corrected chi connectivity index (χ1v) is 8.19. The molecule has 1 amide bonds. The van der Waals surface area contributed by atoms with Crippen molar-refractivity contribution in [1.82, 2.24) is 0 Å². The maximum atomic E-state index is 12.5. The molecule has 2 aromatic rings. The zero-order chi connectivity index (χ0) is 19.1. The van der Waals surface area contributed by atoms with Crippen LogP contribution in [0.4, 0.5) is 5.69 Å². The van der Waals surface area contributed by atoms with Crippen LogP contribution in [-0.4, -0.2) is 25.7 Å². The second kappa shape index (κ2) is 8.46. The van der Waals surface area contributed by atoms with Crippen LogP contribution in [0.5, 0.6) is 17.2 Å². The Hall–Kier alpha value is -3.90. The van der Waals surface area contributed by atoms with Crippen LogP contribution in [-0.2, 0) is 4.79 Å². The molecule has 0 aliphatic carbocycles. The fourth-order valence-electron chi connectivity index (χ4n) is 2.47. The summed E-state index contributed by atoms with van der Waals surface area (Å²) in [5, 5.41) is 12.1. The van der Waals surface area contributed by atoms with Crippen molar-refractivity contribution in [2.45, 2.75) is 0 Å². The maximum Gasteiger partial charge on any atom is 0.266 e. The van der Waals surface area contributed by atoms with E-state index < -0.39 is 5.91 Å². The minimum Gasteiger partial charge on any atom is -0.486 e. The van der Waals surface area contributed by atoms with E-state index in [0.717, 1.165) is 0 Å². The molecule has 2 aromatic carbocycles. The molecule has 0 spiro atoms. The predicted octanol–water partition coefficient (Wildman–Crippen LogP) is 3.02. The summed E-state index contributed by atoms with van der Waals surface area (Å²) in [7, 11) is 0. The zero-order valence-corrected chi connectivity index (χ0v) is 14.4. The summed E-state index contributed by atoms with van der Waals surface area (Å²) >= 11 is 0. The topological polar surface area (TPSA) is 80.6 Å². The summed E-state index contributed by atoms with van der Waals surface area (Å²) in [5.41, 5.74) is 1.02. The van der Waals surface area contributed by atoms with Gasteiger partial charge in [0.1, 0.15) is 37.2 Å². The molecule has 27 heavy (non-hydrogen) atoms. The Kier molecular flexibility index (Phi) is 5.61. The number of anilines is 1. The number of nitrogens with one attached hydrogen (secondary N) is 1. The third-order valence-electron chi connectivity index (χ3n) is 3.69. The van der Waals surface area contributed by atoms with Gasteiger partial charge < -0.3 is 19.5 Å². The van der Waals surface area contributed by atoms with Gasteiger partial charge in [-0.25, -0.2) is 0 Å². The second-order valence-corrected chi connectivity index (χ2v) is 5.51. The van der Waals surface area contributed by atoms with E-state index in [9.17, 15) is 10.1 Å². The average Bonchev–Trinajstić information content (AvgIpc) is 2.71. The first-order chi connectivity index (χ1) is 13.2. The minimum atomic E-state index is -0.541. The van der Waals surface area contributed by atoms with E-state index in [1.807, 2.05) is 6.07 Å². The number of rotatable bonds is 5. The molecule has 134 valence electrons. The summed E-state index contributed by atoms with van der Waals surface area (Å²) in [6.07, 6.45) is 6.67. The molecule has 1 aliphatic heterocycles. The van der Waals surface area contributed by atoms with Crippen LogP contribution in [0.15, 0.2) is 48.0 Å². The molecule has 3 rings (SSSR count). The highest BCUT2D eigenvalue weighted by molar-refractivity contribution is 6.10. The second-order valence-electron chi connectivity index (χ2n) is 5.51. The number of fused-ring (bicyclic) bond motifs is 1. The molecular formula is C21H16N2O4. The smallest absolute Gasteiger partial charge is 0.266 e. The van der Waals surface area contributed by atoms with Gasteiger partial charge >= 0.3 is 0 Å². The van der Waals surface area contributed by atoms with Crippen molar-refractivity contribution in [3.05, 3.63) is 53.6 Å². The standard InChI is InChI=1S/C21H16N2O4/c1-2-9-25-18-6-4-3-5-15(18)12-16(14-22)21(24)23-17-7-8-19-20(13-17)27-11-10-26-19/h1,3-8,12-13H,9-11H2,(H,23,24)/b16-12+. The average molecular weight is 360 g/mol. The van der Waals surface area contributed by atoms with E-state index in [-0.39, 0.29) is 12.2 Å². The minimum absolute atomic E-state index is 0.0679. The summed E-state index contributed by atoms with van der Waals surface area (Å²) in [6.45, 7) is 1.03. The van der Waals surface area contributed by atoms with Crippen LogP contribution in [0.25, 0.3) is 6.08 Å². The molecule has 0 bridgehead atoms. The van der Waals surface area contributed by atoms with Crippen molar-refractivity contribution in [3.8, 4) is 35.7 Å². The van der Waals surface area contributed by atoms with Crippen molar-refractivity contribution >= 4 is 17.7 Å². The number of nitriles is 1. The van der Waals surface area contributed by atoms with Gasteiger partial charge in [-0.2, -0.15) is 5.26 Å². The number of carbonyl (C=O) groups is 1. The highest BCUT2D eigenvalue weighted by atomic mass is 16.6. The Labute approximate surface area is 157 Å². The SMILES string of the molecule is C#CCOc1ccccc1/C=C(\C#N)C(=O)Nc1ccc2c(c1)OCCO2. The van der Waals surface area contributed by atoms with Crippen LogP contribution in [0.1, 0.15) is 5.56 Å². The van der Waals surface area contributed by atoms with Crippen LogP contribution < -0.4 is 19.5 Å². The lowest BCUT2D eigenvalue weighted by atomic mass is 10.1. The van der Waals surface area contributed by atoms with Gasteiger partial charge in [-0.15, -0.1) is 6.42 Å². The molecule has 0 aromatic heterocycles. The first kappa shape index (κ1) is 17.9. The highest BCUT2D eigenvalue weighted by Crippen LogP contribution is 2.32. The molecule has 1 aliphatic rings. The number of terminal acetylenes is 1. The Balaban J connectivity index is 1.80. The molecule has 1 heterocycles. The monoisotopic (exact) mass is 360 g/mol. The highest BCUT2D eigenvalue weighted by Gasteiger charge is 2.15. The summed E-state index contributed by atoms with van der Waals surface area (Å²) in [5.74, 6) is 3.51. The fraction of sp³-hybridized carbons (Fsp3) is 0.143.